The van der Waals surface area contributed by atoms with Crippen LogP contribution in [0, 0.1) is 6.92 Å². The van der Waals surface area contributed by atoms with Gasteiger partial charge in [0.1, 0.15) is 6.61 Å². The van der Waals surface area contributed by atoms with Crippen LogP contribution < -0.4 is 4.90 Å². The molecule has 0 N–H and O–H groups in total. The molecule has 1 aliphatic heterocycles. The van der Waals surface area contributed by atoms with Crippen LogP contribution in [0.2, 0.25) is 0 Å². The van der Waals surface area contributed by atoms with E-state index in [9.17, 15) is 4.79 Å². The molecule has 1 saturated heterocycles. The van der Waals surface area contributed by atoms with Crippen molar-refractivity contribution in [3.05, 3.63) is 65.5 Å². The fourth-order valence-corrected chi connectivity index (χ4v) is 4.15. The van der Waals surface area contributed by atoms with Crippen molar-refractivity contribution in [2.45, 2.75) is 13.5 Å². The summed E-state index contributed by atoms with van der Waals surface area (Å²) in [5.41, 5.74) is 3.41. The van der Waals surface area contributed by atoms with Crippen LogP contribution in [-0.4, -0.2) is 63.7 Å². The molecule has 31 heavy (non-hydrogen) atoms. The van der Waals surface area contributed by atoms with Gasteiger partial charge >= 0.3 is 0 Å². The zero-order valence-corrected chi connectivity index (χ0v) is 17.7. The second-order valence-corrected chi connectivity index (χ2v) is 7.73. The molecule has 0 saturated carbocycles. The molecule has 5 rings (SSSR count). The zero-order valence-electron chi connectivity index (χ0n) is 17.7. The van der Waals surface area contributed by atoms with Gasteiger partial charge in [0, 0.05) is 44.2 Å². The third kappa shape index (κ3) is 3.38. The molecular formula is C23H24N6O2. The van der Waals surface area contributed by atoms with Crippen molar-refractivity contribution in [3.8, 4) is 0 Å². The van der Waals surface area contributed by atoms with Gasteiger partial charge < -0.3 is 14.5 Å². The molecule has 3 heterocycles. The van der Waals surface area contributed by atoms with Gasteiger partial charge in [0.05, 0.1) is 5.52 Å². The van der Waals surface area contributed by atoms with Crippen LogP contribution in [0.3, 0.4) is 0 Å². The molecule has 1 aliphatic rings. The van der Waals surface area contributed by atoms with Crippen molar-refractivity contribution >= 4 is 28.4 Å². The third-order valence-electron chi connectivity index (χ3n) is 5.79. The van der Waals surface area contributed by atoms with Gasteiger partial charge in [-0.1, -0.05) is 30.3 Å². The van der Waals surface area contributed by atoms with E-state index < -0.39 is 0 Å². The number of carbonyl (C=O) groups excluding carboxylic acids is 1. The summed E-state index contributed by atoms with van der Waals surface area (Å²) in [5, 5.41) is 9.71. The largest absolute Gasteiger partial charge is 0.377 e. The number of aromatic nitrogens is 4. The lowest BCUT2D eigenvalue weighted by molar-refractivity contribution is 0.0745. The Morgan fingerprint density at radius 1 is 1.00 bits per heavy atom. The van der Waals surface area contributed by atoms with Gasteiger partial charge in [-0.25, -0.2) is 9.38 Å². The molecule has 2 aromatic heterocycles. The van der Waals surface area contributed by atoms with Crippen molar-refractivity contribution in [1.82, 2.24) is 24.5 Å². The number of para-hydroxylation sites is 1. The van der Waals surface area contributed by atoms with Gasteiger partial charge in [0.15, 0.2) is 11.5 Å². The predicted molar refractivity (Wildman–Crippen MR) is 118 cm³/mol. The van der Waals surface area contributed by atoms with Crippen LogP contribution in [0.5, 0.6) is 0 Å². The minimum atomic E-state index is 0.0822. The number of amides is 1. The number of anilines is 1. The summed E-state index contributed by atoms with van der Waals surface area (Å²) in [7, 11) is 1.64. The van der Waals surface area contributed by atoms with Crippen molar-refractivity contribution in [1.29, 1.82) is 0 Å². The second-order valence-electron chi connectivity index (χ2n) is 7.73. The van der Waals surface area contributed by atoms with Gasteiger partial charge in [-0.05, 0) is 30.7 Å². The number of nitrogens with zero attached hydrogens (tertiary/aromatic N) is 6. The van der Waals surface area contributed by atoms with Gasteiger partial charge in [-0.15, -0.1) is 10.2 Å². The number of hydrogen-bond donors (Lipinski definition) is 0. The Kier molecular flexibility index (Phi) is 4.99. The van der Waals surface area contributed by atoms with Crippen LogP contribution in [-0.2, 0) is 11.3 Å². The molecule has 8 nitrogen and oxygen atoms in total. The van der Waals surface area contributed by atoms with Gasteiger partial charge in [0.25, 0.3) is 5.91 Å². The maximum absolute atomic E-state index is 13.0. The summed E-state index contributed by atoms with van der Waals surface area (Å²) >= 11 is 0. The first-order chi connectivity index (χ1) is 15.2. The standard InChI is InChI=1S/C23H24N6O2/c1-16-7-3-4-8-17(16)22(30)27-11-13-28(14-12-27)23-24-19-10-6-5-9-18(19)21-26-25-20(15-31-2)29(21)23/h3-10H,11-15H2,1-2H3. The van der Waals surface area contributed by atoms with Crippen molar-refractivity contribution < 1.29 is 9.53 Å². The quantitative estimate of drug-likeness (QED) is 0.509. The summed E-state index contributed by atoms with van der Waals surface area (Å²) in [6, 6.07) is 15.7. The number of carbonyl (C=O) groups is 1. The van der Waals surface area contributed by atoms with E-state index >= 15 is 0 Å². The third-order valence-corrected chi connectivity index (χ3v) is 5.79. The average Bonchev–Trinajstić information content (AvgIpc) is 3.23. The highest BCUT2D eigenvalue weighted by Crippen LogP contribution is 2.25. The van der Waals surface area contributed by atoms with Crippen molar-refractivity contribution in [3.63, 3.8) is 0 Å². The van der Waals surface area contributed by atoms with Crippen molar-refractivity contribution in [2.75, 3.05) is 38.2 Å². The molecule has 0 atom stereocenters. The molecule has 2 aromatic carbocycles. The molecule has 1 amide bonds. The molecule has 0 aliphatic carbocycles. The van der Waals surface area contributed by atoms with E-state index in [1.807, 2.05) is 64.8 Å². The molecule has 0 bridgehead atoms. The molecular weight excluding hydrogens is 392 g/mol. The van der Waals surface area contributed by atoms with E-state index in [0.29, 0.717) is 38.6 Å². The number of hydrogen-bond acceptors (Lipinski definition) is 6. The molecule has 1 fully saturated rings. The Bertz CT molecular complexity index is 1260. The highest BCUT2D eigenvalue weighted by molar-refractivity contribution is 5.96. The molecule has 0 unspecified atom stereocenters. The lowest BCUT2D eigenvalue weighted by atomic mass is 10.1. The van der Waals surface area contributed by atoms with Gasteiger partial charge in [0.2, 0.25) is 5.95 Å². The van der Waals surface area contributed by atoms with Gasteiger partial charge in [-0.2, -0.15) is 0 Å². The monoisotopic (exact) mass is 416 g/mol. The van der Waals surface area contributed by atoms with Crippen LogP contribution in [0.15, 0.2) is 48.5 Å². The van der Waals surface area contributed by atoms with E-state index in [4.69, 9.17) is 9.72 Å². The maximum atomic E-state index is 13.0. The van der Waals surface area contributed by atoms with Crippen LogP contribution >= 0.6 is 0 Å². The smallest absolute Gasteiger partial charge is 0.254 e. The van der Waals surface area contributed by atoms with E-state index in [1.165, 1.54) is 0 Å². The average molecular weight is 416 g/mol. The minimum Gasteiger partial charge on any atom is -0.377 e. The lowest BCUT2D eigenvalue weighted by Gasteiger charge is -2.35. The first kappa shape index (κ1) is 19.4. The minimum absolute atomic E-state index is 0.0822. The second kappa shape index (κ2) is 7.96. The predicted octanol–water partition coefficient (Wildman–Crippen LogP) is 2.69. The van der Waals surface area contributed by atoms with Crippen LogP contribution in [0.1, 0.15) is 21.7 Å². The molecule has 0 spiro atoms. The molecule has 0 radical (unpaired) electrons. The summed E-state index contributed by atoms with van der Waals surface area (Å²) < 4.78 is 7.31. The first-order valence-corrected chi connectivity index (χ1v) is 10.4. The van der Waals surface area contributed by atoms with Gasteiger partial charge in [-0.3, -0.25) is 4.79 Å². The Balaban J connectivity index is 1.47. The lowest BCUT2D eigenvalue weighted by Crippen LogP contribution is -2.49. The fraction of sp³-hybridized carbons (Fsp3) is 0.304. The first-order valence-electron chi connectivity index (χ1n) is 10.4. The molecule has 158 valence electrons. The van der Waals surface area contributed by atoms with E-state index in [-0.39, 0.29) is 5.91 Å². The summed E-state index contributed by atoms with van der Waals surface area (Å²) in [6.07, 6.45) is 0. The van der Waals surface area contributed by atoms with Crippen molar-refractivity contribution in [2.24, 2.45) is 0 Å². The van der Waals surface area contributed by atoms with E-state index in [0.717, 1.165) is 33.6 Å². The summed E-state index contributed by atoms with van der Waals surface area (Å²) in [5.74, 6) is 1.58. The Morgan fingerprint density at radius 2 is 1.74 bits per heavy atom. The fourth-order valence-electron chi connectivity index (χ4n) is 4.15. The molecule has 8 heteroatoms. The van der Waals surface area contributed by atoms with E-state index in [1.54, 1.807) is 7.11 Å². The Morgan fingerprint density at radius 3 is 2.52 bits per heavy atom. The number of benzene rings is 2. The Hall–Kier alpha value is -3.52. The highest BCUT2D eigenvalue weighted by atomic mass is 16.5. The number of piperazine rings is 1. The van der Waals surface area contributed by atoms with Crippen LogP contribution in [0.4, 0.5) is 5.95 Å². The maximum Gasteiger partial charge on any atom is 0.254 e. The SMILES string of the molecule is COCc1nnc2c3ccccc3nc(N3CCN(C(=O)c4ccccc4C)CC3)n12. The number of ether oxygens (including phenoxy) is 1. The Labute approximate surface area is 180 Å². The summed E-state index contributed by atoms with van der Waals surface area (Å²) in [4.78, 5) is 22.0. The normalized spacial score (nSPS) is 14.5. The van der Waals surface area contributed by atoms with E-state index in [2.05, 4.69) is 15.1 Å². The summed E-state index contributed by atoms with van der Waals surface area (Å²) in [6.45, 7) is 4.95. The topological polar surface area (TPSA) is 75.9 Å². The number of fused-ring (bicyclic) bond motifs is 3. The number of rotatable bonds is 4. The highest BCUT2D eigenvalue weighted by Gasteiger charge is 2.26. The molecule has 4 aromatic rings. The number of aryl methyl sites for hydroxylation is 1. The zero-order chi connectivity index (χ0) is 21.4. The van der Waals surface area contributed by atoms with Crippen LogP contribution in [0.25, 0.3) is 16.6 Å². The number of methoxy groups -OCH3 is 1.